The first-order chi connectivity index (χ1) is 10.7. The van der Waals surface area contributed by atoms with Crippen LogP contribution >= 0.6 is 0 Å². The molecule has 22 heavy (non-hydrogen) atoms. The minimum absolute atomic E-state index is 0.0178. The van der Waals surface area contributed by atoms with Gasteiger partial charge < -0.3 is 14.8 Å². The lowest BCUT2D eigenvalue weighted by molar-refractivity contribution is -0.122. The molecule has 1 aliphatic rings. The summed E-state index contributed by atoms with van der Waals surface area (Å²) >= 11 is 0. The molecular formula is C17H26N2O3. The molecule has 0 unspecified atom stereocenters. The second-order valence-corrected chi connectivity index (χ2v) is 5.77. The summed E-state index contributed by atoms with van der Waals surface area (Å²) in [7, 11) is 3.60. The minimum atomic E-state index is 0.0178. The zero-order valence-electron chi connectivity index (χ0n) is 13.5. The monoisotopic (exact) mass is 306 g/mol. The highest BCUT2D eigenvalue weighted by atomic mass is 16.5. The van der Waals surface area contributed by atoms with E-state index < -0.39 is 0 Å². The van der Waals surface area contributed by atoms with Crippen LogP contribution in [0, 0.1) is 0 Å². The van der Waals surface area contributed by atoms with Crippen molar-refractivity contribution in [2.75, 3.05) is 33.9 Å². The number of para-hydroxylation sites is 1. The van der Waals surface area contributed by atoms with Crippen LogP contribution in [0.3, 0.4) is 0 Å². The van der Waals surface area contributed by atoms with E-state index >= 15 is 0 Å². The summed E-state index contributed by atoms with van der Waals surface area (Å²) in [6.07, 6.45) is 3.73. The summed E-state index contributed by atoms with van der Waals surface area (Å²) in [5.41, 5.74) is 0.983. The van der Waals surface area contributed by atoms with Crippen molar-refractivity contribution < 1.29 is 14.3 Å². The number of ether oxygens (including phenoxy) is 2. The molecule has 1 amide bonds. The highest BCUT2D eigenvalue weighted by Gasteiger charge is 2.17. The van der Waals surface area contributed by atoms with E-state index in [0.717, 1.165) is 37.3 Å². The average Bonchev–Trinajstić information content (AvgIpc) is 2.54. The van der Waals surface area contributed by atoms with Gasteiger partial charge in [0.15, 0.2) is 0 Å². The number of hydrogen-bond donors (Lipinski definition) is 1. The van der Waals surface area contributed by atoms with Gasteiger partial charge >= 0.3 is 0 Å². The Morgan fingerprint density at radius 3 is 2.95 bits per heavy atom. The molecule has 122 valence electrons. The van der Waals surface area contributed by atoms with Crippen molar-refractivity contribution in [1.82, 2.24) is 10.2 Å². The van der Waals surface area contributed by atoms with Crippen molar-refractivity contribution in [3.8, 4) is 5.75 Å². The lowest BCUT2D eigenvalue weighted by atomic mass is 10.1. The van der Waals surface area contributed by atoms with E-state index in [4.69, 9.17) is 9.47 Å². The molecule has 0 radical (unpaired) electrons. The zero-order chi connectivity index (χ0) is 15.8. The molecule has 0 aromatic heterocycles. The van der Waals surface area contributed by atoms with Gasteiger partial charge in [-0.1, -0.05) is 18.2 Å². The van der Waals surface area contributed by atoms with Crippen LogP contribution in [0.4, 0.5) is 0 Å². The fourth-order valence-corrected chi connectivity index (χ4v) is 2.71. The summed E-state index contributed by atoms with van der Waals surface area (Å²) < 4.78 is 11.0. The summed E-state index contributed by atoms with van der Waals surface area (Å²) in [4.78, 5) is 14.1. The Kier molecular flexibility index (Phi) is 6.68. The summed E-state index contributed by atoms with van der Waals surface area (Å²) in [5, 5.41) is 2.94. The lowest BCUT2D eigenvalue weighted by Crippen LogP contribution is -2.40. The van der Waals surface area contributed by atoms with Crippen molar-refractivity contribution in [2.24, 2.45) is 0 Å². The minimum Gasteiger partial charge on any atom is -0.496 e. The molecule has 1 fully saturated rings. The molecule has 1 atom stereocenters. The number of methoxy groups -OCH3 is 1. The third-order valence-corrected chi connectivity index (χ3v) is 3.87. The quantitative estimate of drug-likeness (QED) is 0.835. The van der Waals surface area contributed by atoms with E-state index in [1.807, 2.05) is 36.2 Å². The van der Waals surface area contributed by atoms with Crippen LogP contribution in [0.25, 0.3) is 0 Å². The van der Waals surface area contributed by atoms with Gasteiger partial charge in [0.2, 0.25) is 5.91 Å². The molecule has 1 aliphatic heterocycles. The van der Waals surface area contributed by atoms with Crippen molar-refractivity contribution >= 4 is 5.91 Å². The molecule has 1 heterocycles. The van der Waals surface area contributed by atoms with Gasteiger partial charge in [-0.25, -0.2) is 0 Å². The van der Waals surface area contributed by atoms with Gasteiger partial charge in [-0.2, -0.15) is 0 Å². The third-order valence-electron chi connectivity index (χ3n) is 3.87. The molecule has 0 spiro atoms. The Morgan fingerprint density at radius 2 is 2.23 bits per heavy atom. The predicted octanol–water partition coefficient (Wildman–Crippen LogP) is 1.81. The van der Waals surface area contributed by atoms with Crippen LogP contribution < -0.4 is 10.1 Å². The molecule has 0 bridgehead atoms. The normalized spacial score (nSPS) is 18.2. The van der Waals surface area contributed by atoms with Crippen LogP contribution in [-0.2, 0) is 16.1 Å². The molecule has 1 saturated heterocycles. The molecule has 5 heteroatoms. The van der Waals surface area contributed by atoms with Crippen LogP contribution in [0.5, 0.6) is 5.75 Å². The number of nitrogens with one attached hydrogen (secondary N) is 1. The fourth-order valence-electron chi connectivity index (χ4n) is 2.71. The van der Waals surface area contributed by atoms with Gasteiger partial charge in [0.1, 0.15) is 5.75 Å². The van der Waals surface area contributed by atoms with Crippen molar-refractivity contribution in [3.63, 3.8) is 0 Å². The van der Waals surface area contributed by atoms with Crippen LogP contribution in [0.15, 0.2) is 24.3 Å². The molecule has 1 N–H and O–H groups in total. The highest BCUT2D eigenvalue weighted by molar-refractivity contribution is 5.78. The molecule has 2 rings (SSSR count). The van der Waals surface area contributed by atoms with Gasteiger partial charge in [0.25, 0.3) is 0 Å². The molecule has 5 nitrogen and oxygen atoms in total. The standard InChI is InChI=1S/C17H26N2O3/c1-19(12-15-8-5-6-10-22-15)13-17(20)18-11-14-7-3-4-9-16(14)21-2/h3-4,7,9,15H,5-6,8,10-13H2,1-2H3,(H,18,20)/t15-/m1/s1. The zero-order valence-corrected chi connectivity index (χ0v) is 13.5. The molecule has 1 aromatic rings. The fraction of sp³-hybridized carbons (Fsp3) is 0.588. The number of likely N-dealkylation sites (N-methyl/N-ethyl adjacent to an activating group) is 1. The number of rotatable bonds is 7. The van der Waals surface area contributed by atoms with Gasteiger partial charge in [-0.05, 0) is 32.4 Å². The van der Waals surface area contributed by atoms with Gasteiger partial charge in [0, 0.05) is 25.3 Å². The number of carbonyl (C=O) groups excluding carboxylic acids is 1. The summed E-state index contributed by atoms with van der Waals surface area (Å²) in [6.45, 7) is 2.52. The Hall–Kier alpha value is -1.59. The van der Waals surface area contributed by atoms with E-state index in [1.54, 1.807) is 7.11 Å². The smallest absolute Gasteiger partial charge is 0.234 e. The summed E-state index contributed by atoms with van der Waals surface area (Å²) in [6, 6.07) is 7.71. The van der Waals surface area contributed by atoms with Gasteiger partial charge in [0.05, 0.1) is 19.8 Å². The van der Waals surface area contributed by atoms with Crippen LogP contribution in [-0.4, -0.2) is 50.8 Å². The van der Waals surface area contributed by atoms with Gasteiger partial charge in [-0.15, -0.1) is 0 Å². The van der Waals surface area contributed by atoms with E-state index in [-0.39, 0.29) is 12.0 Å². The molecular weight excluding hydrogens is 280 g/mol. The predicted molar refractivity (Wildman–Crippen MR) is 85.9 cm³/mol. The molecule has 0 saturated carbocycles. The van der Waals surface area contributed by atoms with E-state index in [9.17, 15) is 4.79 Å². The largest absolute Gasteiger partial charge is 0.496 e. The highest BCUT2D eigenvalue weighted by Crippen LogP contribution is 2.16. The Labute approximate surface area is 132 Å². The van der Waals surface area contributed by atoms with Crippen molar-refractivity contribution in [2.45, 2.75) is 31.9 Å². The lowest BCUT2D eigenvalue weighted by Gasteiger charge is -2.27. The number of benzene rings is 1. The first-order valence-electron chi connectivity index (χ1n) is 7.88. The van der Waals surface area contributed by atoms with E-state index in [0.29, 0.717) is 13.1 Å². The summed E-state index contributed by atoms with van der Waals surface area (Å²) in [5.74, 6) is 0.816. The van der Waals surface area contributed by atoms with Crippen LogP contribution in [0.2, 0.25) is 0 Å². The van der Waals surface area contributed by atoms with Gasteiger partial charge in [-0.3, -0.25) is 9.69 Å². The number of hydrogen-bond acceptors (Lipinski definition) is 4. The van der Waals surface area contributed by atoms with Crippen molar-refractivity contribution in [3.05, 3.63) is 29.8 Å². The average molecular weight is 306 g/mol. The SMILES string of the molecule is COc1ccccc1CNC(=O)CN(C)C[C@H]1CCCCO1. The molecule has 0 aliphatic carbocycles. The van der Waals surface area contributed by atoms with E-state index in [2.05, 4.69) is 5.32 Å². The third kappa shape index (κ3) is 5.31. The first kappa shape index (κ1) is 16.8. The number of carbonyl (C=O) groups is 1. The Morgan fingerprint density at radius 1 is 1.41 bits per heavy atom. The topological polar surface area (TPSA) is 50.8 Å². The maximum Gasteiger partial charge on any atom is 0.234 e. The molecule has 1 aromatic carbocycles. The second-order valence-electron chi connectivity index (χ2n) is 5.77. The Balaban J connectivity index is 1.72. The first-order valence-corrected chi connectivity index (χ1v) is 7.88. The van der Waals surface area contributed by atoms with Crippen molar-refractivity contribution in [1.29, 1.82) is 0 Å². The Bertz CT molecular complexity index is 473. The van der Waals surface area contributed by atoms with Crippen LogP contribution in [0.1, 0.15) is 24.8 Å². The number of nitrogens with zero attached hydrogens (tertiary/aromatic N) is 1. The maximum absolute atomic E-state index is 12.0. The number of amides is 1. The maximum atomic E-state index is 12.0. The van der Waals surface area contributed by atoms with E-state index in [1.165, 1.54) is 6.42 Å². The second kappa shape index (κ2) is 8.76.